The second kappa shape index (κ2) is 5.70. The molecule has 0 spiro atoms. The van der Waals surface area contributed by atoms with Gasteiger partial charge in [0.25, 0.3) is 0 Å². The second-order valence-electron chi connectivity index (χ2n) is 3.95. The maximum atomic E-state index is 10.6. The van der Waals surface area contributed by atoms with E-state index in [2.05, 4.69) is 31.5 Å². The minimum Gasteiger partial charge on any atom is -0.481 e. The normalized spacial score (nSPS) is 10.7. The number of hydrogen-bond acceptors (Lipinski definition) is 5. The van der Waals surface area contributed by atoms with Gasteiger partial charge >= 0.3 is 5.97 Å². The Morgan fingerprint density at radius 1 is 1.42 bits per heavy atom. The van der Waals surface area contributed by atoms with Crippen molar-refractivity contribution in [2.45, 2.75) is 19.0 Å². The number of benzene rings is 1. The Kier molecular flexibility index (Phi) is 4.20. The highest BCUT2D eigenvalue weighted by molar-refractivity contribution is 9.10. The van der Waals surface area contributed by atoms with Crippen LogP contribution >= 0.6 is 27.7 Å². The van der Waals surface area contributed by atoms with Gasteiger partial charge in [0, 0.05) is 4.47 Å². The zero-order valence-electron chi connectivity index (χ0n) is 10.3. The van der Waals surface area contributed by atoms with E-state index in [1.807, 2.05) is 26.0 Å². The number of halogens is 1. The molecule has 0 saturated carbocycles. The largest absolute Gasteiger partial charge is 0.481 e. The van der Waals surface area contributed by atoms with Crippen molar-refractivity contribution in [3.8, 4) is 5.69 Å². The molecule has 0 atom stereocenters. The molecular weight excluding hydrogens is 332 g/mol. The standard InChI is InChI=1S/C11H11BrN4O2S/c1-6-3-8(4-7(2)10(6)12)16-11(13-14-15-16)19-5-9(17)18/h3-4H,5H2,1-2H3,(H,17,18). The van der Waals surface area contributed by atoms with Gasteiger partial charge in [-0.2, -0.15) is 4.68 Å². The molecule has 100 valence electrons. The van der Waals surface area contributed by atoms with Crippen LogP contribution in [0.25, 0.3) is 5.69 Å². The summed E-state index contributed by atoms with van der Waals surface area (Å²) in [5.74, 6) is -0.975. The second-order valence-corrected chi connectivity index (χ2v) is 5.68. The fourth-order valence-electron chi connectivity index (χ4n) is 1.60. The highest BCUT2D eigenvalue weighted by Gasteiger charge is 2.12. The third-order valence-electron chi connectivity index (χ3n) is 2.43. The summed E-state index contributed by atoms with van der Waals surface area (Å²) in [5, 5.41) is 20.5. The van der Waals surface area contributed by atoms with Crippen molar-refractivity contribution in [3.63, 3.8) is 0 Å². The molecule has 0 aliphatic rings. The highest BCUT2D eigenvalue weighted by atomic mass is 79.9. The highest BCUT2D eigenvalue weighted by Crippen LogP contribution is 2.26. The molecule has 1 N–H and O–H groups in total. The minimum absolute atomic E-state index is 0.0745. The summed E-state index contributed by atoms with van der Waals surface area (Å²) < 4.78 is 2.59. The number of nitrogens with zero attached hydrogens (tertiary/aromatic N) is 4. The molecule has 6 nitrogen and oxygen atoms in total. The summed E-state index contributed by atoms with van der Waals surface area (Å²) in [6.07, 6.45) is 0. The van der Waals surface area contributed by atoms with E-state index in [9.17, 15) is 4.79 Å². The lowest BCUT2D eigenvalue weighted by Gasteiger charge is -2.08. The number of tetrazole rings is 1. The summed E-state index contributed by atoms with van der Waals surface area (Å²) in [6.45, 7) is 3.96. The van der Waals surface area contributed by atoms with Crippen molar-refractivity contribution < 1.29 is 9.90 Å². The van der Waals surface area contributed by atoms with Gasteiger partial charge in [0.15, 0.2) is 0 Å². The minimum atomic E-state index is -0.900. The molecule has 1 heterocycles. The van der Waals surface area contributed by atoms with E-state index in [0.29, 0.717) is 5.16 Å². The Balaban J connectivity index is 2.37. The van der Waals surface area contributed by atoms with Crippen LogP contribution in [0.1, 0.15) is 11.1 Å². The van der Waals surface area contributed by atoms with Gasteiger partial charge in [0.2, 0.25) is 5.16 Å². The molecule has 0 saturated heterocycles. The van der Waals surface area contributed by atoms with Crippen molar-refractivity contribution in [1.82, 2.24) is 20.2 Å². The monoisotopic (exact) mass is 342 g/mol. The SMILES string of the molecule is Cc1cc(-n2nnnc2SCC(=O)O)cc(C)c1Br. The van der Waals surface area contributed by atoms with E-state index in [4.69, 9.17) is 5.11 Å². The van der Waals surface area contributed by atoms with Crippen LogP contribution in [-0.4, -0.2) is 37.0 Å². The molecule has 0 bridgehead atoms. The summed E-state index contributed by atoms with van der Waals surface area (Å²) in [5.41, 5.74) is 2.95. The molecule has 1 aromatic heterocycles. The van der Waals surface area contributed by atoms with E-state index in [1.54, 1.807) is 4.68 Å². The van der Waals surface area contributed by atoms with E-state index in [1.165, 1.54) is 0 Å². The lowest BCUT2D eigenvalue weighted by Crippen LogP contribution is -2.03. The van der Waals surface area contributed by atoms with Crippen LogP contribution in [0.2, 0.25) is 0 Å². The number of hydrogen-bond donors (Lipinski definition) is 1. The van der Waals surface area contributed by atoms with Crippen LogP contribution in [-0.2, 0) is 4.79 Å². The molecule has 0 aliphatic carbocycles. The number of rotatable bonds is 4. The van der Waals surface area contributed by atoms with E-state index in [0.717, 1.165) is 33.0 Å². The zero-order chi connectivity index (χ0) is 14.0. The number of thioether (sulfide) groups is 1. The van der Waals surface area contributed by atoms with Gasteiger partial charge in [-0.1, -0.05) is 27.7 Å². The average molecular weight is 343 g/mol. The Labute approximate surface area is 122 Å². The van der Waals surface area contributed by atoms with Crippen LogP contribution in [0.3, 0.4) is 0 Å². The maximum Gasteiger partial charge on any atom is 0.313 e. The predicted molar refractivity (Wildman–Crippen MR) is 74.7 cm³/mol. The quantitative estimate of drug-likeness (QED) is 0.858. The van der Waals surface area contributed by atoms with Gasteiger partial charge in [0.1, 0.15) is 0 Å². The van der Waals surface area contributed by atoms with Gasteiger partial charge in [-0.25, -0.2) is 0 Å². The fraction of sp³-hybridized carbons (Fsp3) is 0.273. The lowest BCUT2D eigenvalue weighted by atomic mass is 10.1. The Bertz CT molecular complexity index is 606. The smallest absolute Gasteiger partial charge is 0.313 e. The topological polar surface area (TPSA) is 80.9 Å². The molecule has 2 aromatic rings. The van der Waals surface area contributed by atoms with Crippen molar-refractivity contribution in [2.24, 2.45) is 0 Å². The molecule has 19 heavy (non-hydrogen) atoms. The number of carbonyl (C=O) groups is 1. The first-order chi connectivity index (χ1) is 8.99. The molecule has 0 fully saturated rings. The van der Waals surface area contributed by atoms with Crippen molar-refractivity contribution >= 4 is 33.7 Å². The number of carboxylic acid groups (broad SMARTS) is 1. The third-order valence-corrected chi connectivity index (χ3v) is 4.59. The van der Waals surface area contributed by atoms with Gasteiger partial charge in [0.05, 0.1) is 11.4 Å². The average Bonchev–Trinajstić information content (AvgIpc) is 2.81. The Morgan fingerprint density at radius 2 is 2.05 bits per heavy atom. The number of aryl methyl sites for hydroxylation is 2. The molecule has 2 rings (SSSR count). The molecule has 0 aliphatic heterocycles. The van der Waals surface area contributed by atoms with Gasteiger partial charge in [-0.05, 0) is 47.5 Å². The third kappa shape index (κ3) is 3.13. The van der Waals surface area contributed by atoms with E-state index in [-0.39, 0.29) is 5.75 Å². The van der Waals surface area contributed by atoms with Crippen LogP contribution in [0.4, 0.5) is 0 Å². The Morgan fingerprint density at radius 3 is 2.63 bits per heavy atom. The van der Waals surface area contributed by atoms with Gasteiger partial charge < -0.3 is 5.11 Å². The lowest BCUT2D eigenvalue weighted by molar-refractivity contribution is -0.133. The van der Waals surface area contributed by atoms with E-state index < -0.39 is 5.97 Å². The molecular formula is C11H11BrN4O2S. The molecule has 8 heteroatoms. The first-order valence-corrected chi connectivity index (χ1v) is 7.17. The van der Waals surface area contributed by atoms with Crippen molar-refractivity contribution in [3.05, 3.63) is 27.7 Å². The van der Waals surface area contributed by atoms with Crippen molar-refractivity contribution in [1.29, 1.82) is 0 Å². The number of aliphatic carboxylic acids is 1. The van der Waals surface area contributed by atoms with Gasteiger partial charge in [-0.3, -0.25) is 4.79 Å². The van der Waals surface area contributed by atoms with Crippen LogP contribution in [0, 0.1) is 13.8 Å². The maximum absolute atomic E-state index is 10.6. The zero-order valence-corrected chi connectivity index (χ0v) is 12.7. The summed E-state index contributed by atoms with van der Waals surface area (Å²) >= 11 is 4.59. The first-order valence-electron chi connectivity index (χ1n) is 5.39. The number of aromatic nitrogens is 4. The van der Waals surface area contributed by atoms with Crippen LogP contribution in [0.15, 0.2) is 21.8 Å². The summed E-state index contributed by atoms with van der Waals surface area (Å²) in [7, 11) is 0. The summed E-state index contributed by atoms with van der Waals surface area (Å²) in [6, 6.07) is 3.89. The molecule has 0 amide bonds. The molecule has 0 radical (unpaired) electrons. The molecule has 1 aromatic carbocycles. The summed E-state index contributed by atoms with van der Waals surface area (Å²) in [4.78, 5) is 10.6. The van der Waals surface area contributed by atoms with Crippen LogP contribution in [0.5, 0.6) is 0 Å². The fourth-order valence-corrected chi connectivity index (χ4v) is 2.44. The van der Waals surface area contributed by atoms with E-state index >= 15 is 0 Å². The van der Waals surface area contributed by atoms with Gasteiger partial charge in [-0.15, -0.1) is 5.10 Å². The number of carboxylic acids is 1. The molecule has 0 unspecified atom stereocenters. The van der Waals surface area contributed by atoms with Crippen molar-refractivity contribution in [2.75, 3.05) is 5.75 Å². The predicted octanol–water partition coefficient (Wildman–Crippen LogP) is 2.22. The Hall–Kier alpha value is -1.41. The first kappa shape index (κ1) is 14.0. The van der Waals surface area contributed by atoms with Crippen LogP contribution < -0.4 is 0 Å².